The molecule has 160 valence electrons. The number of rotatable bonds is 6. The molecule has 31 heavy (non-hydrogen) atoms. The van der Waals surface area contributed by atoms with Gasteiger partial charge in [-0.25, -0.2) is 9.59 Å². The topological polar surface area (TPSA) is 74.3 Å². The summed E-state index contributed by atoms with van der Waals surface area (Å²) < 4.78 is 20.7. The van der Waals surface area contributed by atoms with Crippen LogP contribution in [0.4, 0.5) is 5.69 Å². The van der Waals surface area contributed by atoms with Gasteiger partial charge in [-0.2, -0.15) is 0 Å². The Morgan fingerprint density at radius 1 is 0.871 bits per heavy atom. The molecule has 7 nitrogen and oxygen atoms in total. The molecule has 3 rings (SSSR count). The Kier molecular flexibility index (Phi) is 6.99. The Labute approximate surface area is 184 Å². The lowest BCUT2D eigenvalue weighted by atomic mass is 10.1. The van der Waals surface area contributed by atoms with Crippen molar-refractivity contribution in [2.24, 2.45) is 0 Å². The van der Waals surface area contributed by atoms with Crippen LogP contribution in [0.25, 0.3) is 0 Å². The number of halogens is 1. The lowest BCUT2D eigenvalue weighted by molar-refractivity contribution is -0.139. The maximum Gasteiger partial charge on any atom is 0.355 e. The summed E-state index contributed by atoms with van der Waals surface area (Å²) in [6.45, 7) is 0. The lowest BCUT2D eigenvalue weighted by Crippen LogP contribution is -2.26. The largest absolute Gasteiger partial charge is 0.497 e. The molecule has 0 saturated heterocycles. The number of methoxy groups -OCH3 is 3. The van der Waals surface area contributed by atoms with E-state index in [1.165, 1.54) is 25.2 Å². The smallest absolute Gasteiger partial charge is 0.355 e. The predicted molar refractivity (Wildman–Crippen MR) is 116 cm³/mol. The van der Waals surface area contributed by atoms with Gasteiger partial charge in [0.1, 0.15) is 22.9 Å². The number of hydrogen-bond acceptors (Lipinski definition) is 7. The van der Waals surface area contributed by atoms with Gasteiger partial charge >= 0.3 is 11.9 Å². The summed E-state index contributed by atoms with van der Waals surface area (Å²) in [5.41, 5.74) is 0.571. The van der Waals surface area contributed by atoms with E-state index in [9.17, 15) is 9.59 Å². The molecule has 0 spiro atoms. The molecule has 0 N–H and O–H groups in total. The molecular formula is C23H20ClNO6. The van der Waals surface area contributed by atoms with E-state index in [2.05, 4.69) is 0 Å². The van der Waals surface area contributed by atoms with Gasteiger partial charge in [-0.1, -0.05) is 17.7 Å². The highest BCUT2D eigenvalue weighted by Crippen LogP contribution is 2.35. The van der Waals surface area contributed by atoms with E-state index in [1.54, 1.807) is 67.9 Å². The summed E-state index contributed by atoms with van der Waals surface area (Å²) in [7, 11) is 4.06. The van der Waals surface area contributed by atoms with Crippen LogP contribution >= 0.6 is 11.6 Å². The Bertz CT molecular complexity index is 1070. The SMILES string of the molecule is COC(=O)C1=C(C(=O)OC)N(c2ccc(Oc3ccc(OC)cc3)c(Cl)c2)C=CC=C1. The van der Waals surface area contributed by atoms with Crippen LogP contribution in [0.1, 0.15) is 0 Å². The maximum atomic E-state index is 12.5. The second-order valence-corrected chi connectivity index (χ2v) is 6.62. The fraction of sp³-hybridized carbons (Fsp3) is 0.130. The first kappa shape index (κ1) is 22.0. The fourth-order valence-electron chi connectivity index (χ4n) is 2.86. The number of allylic oxidation sites excluding steroid dienone is 2. The van der Waals surface area contributed by atoms with Crippen molar-refractivity contribution in [3.63, 3.8) is 0 Å². The number of esters is 2. The van der Waals surface area contributed by atoms with E-state index in [4.69, 9.17) is 30.5 Å². The highest BCUT2D eigenvalue weighted by molar-refractivity contribution is 6.32. The summed E-state index contributed by atoms with van der Waals surface area (Å²) in [4.78, 5) is 26.3. The summed E-state index contributed by atoms with van der Waals surface area (Å²) >= 11 is 6.45. The molecule has 1 aliphatic rings. The monoisotopic (exact) mass is 441 g/mol. The van der Waals surface area contributed by atoms with Crippen LogP contribution in [-0.2, 0) is 19.1 Å². The Morgan fingerprint density at radius 2 is 1.55 bits per heavy atom. The van der Waals surface area contributed by atoms with Gasteiger partial charge in [0.15, 0.2) is 0 Å². The average Bonchev–Trinajstić information content (AvgIpc) is 3.03. The maximum absolute atomic E-state index is 12.5. The van der Waals surface area contributed by atoms with Crippen LogP contribution in [-0.4, -0.2) is 33.3 Å². The number of hydrogen-bond donors (Lipinski definition) is 0. The Balaban J connectivity index is 1.97. The molecule has 0 amide bonds. The molecule has 1 aliphatic heterocycles. The van der Waals surface area contributed by atoms with Gasteiger partial charge in [0.2, 0.25) is 0 Å². The second kappa shape index (κ2) is 9.86. The van der Waals surface area contributed by atoms with Gasteiger partial charge in [-0.05, 0) is 54.6 Å². The van der Waals surface area contributed by atoms with Crippen molar-refractivity contribution in [3.05, 3.63) is 83.2 Å². The first-order valence-electron chi connectivity index (χ1n) is 9.15. The first-order chi connectivity index (χ1) is 15.0. The molecule has 2 aromatic carbocycles. The number of carbonyl (C=O) groups excluding carboxylic acids is 2. The molecule has 0 radical (unpaired) electrons. The molecule has 0 bridgehead atoms. The zero-order valence-corrected chi connectivity index (χ0v) is 17.9. The van der Waals surface area contributed by atoms with Crippen LogP contribution in [0.5, 0.6) is 17.2 Å². The molecule has 2 aromatic rings. The van der Waals surface area contributed by atoms with Crippen molar-refractivity contribution < 1.29 is 28.5 Å². The van der Waals surface area contributed by atoms with Gasteiger partial charge in [0.25, 0.3) is 0 Å². The van der Waals surface area contributed by atoms with Gasteiger partial charge in [0, 0.05) is 11.9 Å². The molecule has 8 heteroatoms. The second-order valence-electron chi connectivity index (χ2n) is 6.21. The standard InChI is InChI=1S/C23H20ClNO6/c1-28-16-8-10-17(11-9-16)31-20-12-7-15(14-19(20)24)25-13-5-4-6-18(22(26)29-2)21(25)23(27)30-3/h4-14H,1-3H3. The average molecular weight is 442 g/mol. The third-order valence-electron chi connectivity index (χ3n) is 4.37. The highest BCUT2D eigenvalue weighted by Gasteiger charge is 2.27. The third kappa shape index (κ3) is 4.90. The Hall–Kier alpha value is -3.71. The fourth-order valence-corrected chi connectivity index (χ4v) is 3.07. The molecule has 0 aromatic heterocycles. The number of benzene rings is 2. The van der Waals surface area contributed by atoms with Gasteiger partial charge in [-0.3, -0.25) is 0 Å². The van der Waals surface area contributed by atoms with Crippen LogP contribution in [0.2, 0.25) is 5.02 Å². The number of carbonyl (C=O) groups is 2. The highest BCUT2D eigenvalue weighted by atomic mass is 35.5. The first-order valence-corrected chi connectivity index (χ1v) is 9.52. The normalized spacial score (nSPS) is 13.0. The van der Waals surface area contributed by atoms with E-state index >= 15 is 0 Å². The predicted octanol–water partition coefficient (Wildman–Crippen LogP) is 4.63. The van der Waals surface area contributed by atoms with E-state index < -0.39 is 11.9 Å². The summed E-state index contributed by atoms with van der Waals surface area (Å²) in [5.74, 6) is 0.336. The van der Waals surface area contributed by atoms with E-state index in [0.29, 0.717) is 28.0 Å². The molecule has 1 heterocycles. The van der Waals surface area contributed by atoms with E-state index in [1.807, 2.05) is 0 Å². The van der Waals surface area contributed by atoms with Crippen LogP contribution in [0.3, 0.4) is 0 Å². The molecule has 0 fully saturated rings. The molecule has 0 unspecified atom stereocenters. The van der Waals surface area contributed by atoms with Crippen LogP contribution in [0, 0.1) is 0 Å². The van der Waals surface area contributed by atoms with E-state index in [-0.39, 0.29) is 11.3 Å². The Morgan fingerprint density at radius 3 is 2.16 bits per heavy atom. The number of anilines is 1. The zero-order valence-electron chi connectivity index (χ0n) is 17.1. The molecular weight excluding hydrogens is 422 g/mol. The van der Waals surface area contributed by atoms with Crippen LogP contribution in [0.15, 0.2) is 78.2 Å². The van der Waals surface area contributed by atoms with Crippen molar-refractivity contribution >= 4 is 29.2 Å². The zero-order chi connectivity index (χ0) is 22.4. The van der Waals surface area contributed by atoms with Crippen LogP contribution < -0.4 is 14.4 Å². The minimum absolute atomic E-state index is 0.000704. The quantitative estimate of drug-likeness (QED) is 0.605. The van der Waals surface area contributed by atoms with Gasteiger partial charge < -0.3 is 23.8 Å². The minimum atomic E-state index is -0.703. The molecule has 0 atom stereocenters. The molecule has 0 aliphatic carbocycles. The summed E-state index contributed by atoms with van der Waals surface area (Å²) in [6.07, 6.45) is 6.40. The number of ether oxygens (including phenoxy) is 4. The molecule has 0 saturated carbocycles. The minimum Gasteiger partial charge on any atom is -0.497 e. The number of nitrogens with zero attached hydrogens (tertiary/aromatic N) is 1. The van der Waals surface area contributed by atoms with Crippen molar-refractivity contribution in [1.29, 1.82) is 0 Å². The van der Waals surface area contributed by atoms with Gasteiger partial charge in [0.05, 0.1) is 31.9 Å². The van der Waals surface area contributed by atoms with Crippen molar-refractivity contribution in [3.8, 4) is 17.2 Å². The van der Waals surface area contributed by atoms with Crippen molar-refractivity contribution in [1.82, 2.24) is 0 Å². The summed E-state index contributed by atoms with van der Waals surface area (Å²) in [5, 5.41) is 0.308. The van der Waals surface area contributed by atoms with Gasteiger partial charge in [-0.15, -0.1) is 0 Å². The third-order valence-corrected chi connectivity index (χ3v) is 4.67. The van der Waals surface area contributed by atoms with Crippen molar-refractivity contribution in [2.75, 3.05) is 26.2 Å². The lowest BCUT2D eigenvalue weighted by Gasteiger charge is -2.23. The van der Waals surface area contributed by atoms with Crippen molar-refractivity contribution in [2.45, 2.75) is 0 Å². The van der Waals surface area contributed by atoms with E-state index in [0.717, 1.165) is 0 Å². The summed E-state index contributed by atoms with van der Waals surface area (Å²) in [6, 6.07) is 12.1.